The van der Waals surface area contributed by atoms with Crippen LogP contribution in [0.2, 0.25) is 0 Å². The highest BCUT2D eigenvalue weighted by molar-refractivity contribution is 5.90. The number of hydrogen-bond donors (Lipinski definition) is 0. The van der Waals surface area contributed by atoms with Gasteiger partial charge in [0.2, 0.25) is 11.8 Å². The van der Waals surface area contributed by atoms with E-state index in [1.807, 2.05) is 72.8 Å². The fourth-order valence-electron chi connectivity index (χ4n) is 8.51. The molecule has 4 heteroatoms. The molecule has 57 heavy (non-hydrogen) atoms. The molecule has 0 bridgehead atoms. The summed E-state index contributed by atoms with van der Waals surface area (Å²) in [4.78, 5) is 9.60. The highest BCUT2D eigenvalue weighted by Gasteiger charge is 2.35. The van der Waals surface area contributed by atoms with Crippen molar-refractivity contribution in [2.24, 2.45) is 0 Å². The Morgan fingerprint density at radius 2 is 0.754 bits per heavy atom. The van der Waals surface area contributed by atoms with Crippen molar-refractivity contribution >= 4 is 22.2 Å². The van der Waals surface area contributed by atoms with Gasteiger partial charge in [-0.15, -0.1) is 0 Å². The summed E-state index contributed by atoms with van der Waals surface area (Å²) >= 11 is 0. The summed E-state index contributed by atoms with van der Waals surface area (Å²) in [6, 6.07) is 64.1. The van der Waals surface area contributed by atoms with Crippen molar-refractivity contribution < 1.29 is 8.83 Å². The Labute approximate surface area is 330 Å². The Kier molecular flexibility index (Phi) is 7.48. The number of rotatable bonds is 6. The number of aromatic nitrogens is 2. The molecular weight excluding hydrogens is 697 g/mol. The van der Waals surface area contributed by atoms with Crippen molar-refractivity contribution in [3.63, 3.8) is 0 Å². The lowest BCUT2D eigenvalue weighted by Crippen LogP contribution is -2.14. The summed E-state index contributed by atoms with van der Waals surface area (Å²) in [5, 5.41) is 0. The van der Waals surface area contributed by atoms with Crippen LogP contribution >= 0.6 is 0 Å². The van der Waals surface area contributed by atoms with E-state index < -0.39 is 0 Å². The van der Waals surface area contributed by atoms with Gasteiger partial charge in [-0.3, -0.25) is 0 Å². The predicted octanol–water partition coefficient (Wildman–Crippen LogP) is 14.3. The average molecular weight is 733 g/mol. The van der Waals surface area contributed by atoms with Crippen molar-refractivity contribution in [3.05, 3.63) is 193 Å². The van der Waals surface area contributed by atoms with Crippen molar-refractivity contribution in [3.8, 4) is 78.5 Å². The standard InChI is InChI=1S/C53H36N2O2/c1-53(2)45-19-10-9-18-43(45)44-23-20-37(30-46(44)53)35-16-11-17-36(26-35)40-27-41(38-21-24-47-49(31-38)56-51(54-47)33-12-5-3-6-13-33)29-42(28-40)39-22-25-48-50(32-39)57-52(55-48)34-14-7-4-8-15-34/h3-32H,1-2H3. The lowest BCUT2D eigenvalue weighted by Gasteiger charge is -2.22. The van der Waals surface area contributed by atoms with E-state index in [0.29, 0.717) is 11.8 Å². The molecule has 1 aliphatic carbocycles. The molecule has 0 aliphatic heterocycles. The summed E-state index contributed by atoms with van der Waals surface area (Å²) in [6.45, 7) is 4.67. The van der Waals surface area contributed by atoms with E-state index >= 15 is 0 Å². The van der Waals surface area contributed by atoms with Gasteiger partial charge in [-0.1, -0.05) is 117 Å². The van der Waals surface area contributed by atoms with E-state index in [1.54, 1.807) is 0 Å². The van der Waals surface area contributed by atoms with Gasteiger partial charge in [0.15, 0.2) is 11.2 Å². The van der Waals surface area contributed by atoms with Gasteiger partial charge in [-0.05, 0) is 146 Å². The van der Waals surface area contributed by atoms with Gasteiger partial charge >= 0.3 is 0 Å². The molecule has 0 radical (unpaired) electrons. The molecule has 0 fully saturated rings. The van der Waals surface area contributed by atoms with Crippen molar-refractivity contribution in [2.45, 2.75) is 19.3 Å². The first-order valence-corrected chi connectivity index (χ1v) is 19.4. The summed E-state index contributed by atoms with van der Waals surface area (Å²) in [5.74, 6) is 1.23. The van der Waals surface area contributed by atoms with Crippen LogP contribution in [0.3, 0.4) is 0 Å². The molecule has 0 unspecified atom stereocenters. The van der Waals surface area contributed by atoms with E-state index in [4.69, 9.17) is 18.8 Å². The van der Waals surface area contributed by atoms with Crippen molar-refractivity contribution in [2.75, 3.05) is 0 Å². The minimum absolute atomic E-state index is 0.0677. The smallest absolute Gasteiger partial charge is 0.227 e. The molecule has 0 saturated heterocycles. The molecule has 1 aliphatic rings. The number of hydrogen-bond acceptors (Lipinski definition) is 4. The number of oxazole rings is 2. The zero-order valence-corrected chi connectivity index (χ0v) is 31.5. The second kappa shape index (κ2) is 12.9. The van der Waals surface area contributed by atoms with Gasteiger partial charge in [-0.2, -0.15) is 0 Å². The Morgan fingerprint density at radius 1 is 0.333 bits per heavy atom. The lowest BCUT2D eigenvalue weighted by molar-refractivity contribution is 0.619. The van der Waals surface area contributed by atoms with Gasteiger partial charge < -0.3 is 8.83 Å². The maximum Gasteiger partial charge on any atom is 0.227 e. The summed E-state index contributed by atoms with van der Waals surface area (Å²) < 4.78 is 12.7. The molecule has 0 N–H and O–H groups in total. The number of benzene rings is 8. The van der Waals surface area contributed by atoms with Crippen LogP contribution in [-0.2, 0) is 5.41 Å². The van der Waals surface area contributed by atoms with Gasteiger partial charge in [-0.25, -0.2) is 9.97 Å². The van der Waals surface area contributed by atoms with Crippen LogP contribution in [0, 0.1) is 0 Å². The highest BCUT2D eigenvalue weighted by Crippen LogP contribution is 2.49. The van der Waals surface area contributed by atoms with Crippen LogP contribution in [-0.4, -0.2) is 9.97 Å². The number of fused-ring (bicyclic) bond motifs is 5. The molecule has 4 nitrogen and oxygen atoms in total. The molecule has 2 aromatic heterocycles. The third-order valence-corrected chi connectivity index (χ3v) is 11.5. The van der Waals surface area contributed by atoms with E-state index in [2.05, 4.69) is 123 Å². The van der Waals surface area contributed by atoms with Crippen molar-refractivity contribution in [1.29, 1.82) is 0 Å². The molecule has 0 amide bonds. The first-order chi connectivity index (χ1) is 27.9. The molecule has 0 saturated carbocycles. The SMILES string of the molecule is CC1(C)c2ccccc2-c2ccc(-c3cccc(-c4cc(-c5ccc6nc(-c7ccccc7)oc6c5)cc(-c5ccc6nc(-c7ccccc7)oc6c5)c4)c3)cc21. The fourth-order valence-corrected chi connectivity index (χ4v) is 8.51. The molecular formula is C53H36N2O2. The third-order valence-electron chi connectivity index (χ3n) is 11.5. The lowest BCUT2D eigenvalue weighted by atomic mass is 9.81. The van der Waals surface area contributed by atoms with Crippen LogP contribution in [0.4, 0.5) is 0 Å². The van der Waals surface area contributed by atoms with Gasteiger partial charge in [0.05, 0.1) is 0 Å². The molecule has 270 valence electrons. The first kappa shape index (κ1) is 33.1. The molecule has 10 aromatic rings. The maximum atomic E-state index is 6.33. The van der Waals surface area contributed by atoms with Crippen LogP contribution < -0.4 is 0 Å². The Balaban J connectivity index is 1.03. The minimum atomic E-state index is -0.0677. The van der Waals surface area contributed by atoms with E-state index in [1.165, 1.54) is 33.4 Å². The normalized spacial score (nSPS) is 12.9. The molecule has 2 heterocycles. The zero-order chi connectivity index (χ0) is 38.1. The highest BCUT2D eigenvalue weighted by atomic mass is 16.4. The minimum Gasteiger partial charge on any atom is -0.436 e. The Bertz CT molecular complexity index is 3020. The molecule has 0 spiro atoms. The van der Waals surface area contributed by atoms with E-state index in [9.17, 15) is 0 Å². The largest absolute Gasteiger partial charge is 0.436 e. The summed E-state index contributed by atoms with van der Waals surface area (Å²) in [6.07, 6.45) is 0. The Hall–Kier alpha value is -7.30. The summed E-state index contributed by atoms with van der Waals surface area (Å²) in [7, 11) is 0. The van der Waals surface area contributed by atoms with Gasteiger partial charge in [0.25, 0.3) is 0 Å². The summed E-state index contributed by atoms with van der Waals surface area (Å²) in [5.41, 5.74) is 19.3. The van der Waals surface area contributed by atoms with Crippen LogP contribution in [0.5, 0.6) is 0 Å². The van der Waals surface area contributed by atoms with Crippen LogP contribution in [0.1, 0.15) is 25.0 Å². The molecule has 11 rings (SSSR count). The molecule has 0 atom stereocenters. The van der Waals surface area contributed by atoms with Crippen molar-refractivity contribution in [1.82, 2.24) is 9.97 Å². The monoisotopic (exact) mass is 732 g/mol. The average Bonchev–Trinajstić information content (AvgIpc) is 3.96. The predicted molar refractivity (Wildman–Crippen MR) is 232 cm³/mol. The first-order valence-electron chi connectivity index (χ1n) is 19.4. The van der Waals surface area contributed by atoms with Crippen LogP contribution in [0.25, 0.3) is 101 Å². The maximum absolute atomic E-state index is 6.33. The van der Waals surface area contributed by atoms with Crippen LogP contribution in [0.15, 0.2) is 191 Å². The Morgan fingerprint density at radius 3 is 1.33 bits per heavy atom. The topological polar surface area (TPSA) is 52.1 Å². The molecule has 8 aromatic carbocycles. The quantitative estimate of drug-likeness (QED) is 0.171. The zero-order valence-electron chi connectivity index (χ0n) is 31.5. The van der Waals surface area contributed by atoms with E-state index in [-0.39, 0.29) is 5.41 Å². The van der Waals surface area contributed by atoms with E-state index in [0.717, 1.165) is 66.7 Å². The number of nitrogens with zero attached hydrogens (tertiary/aromatic N) is 2. The van der Waals surface area contributed by atoms with Gasteiger partial charge in [0, 0.05) is 16.5 Å². The fraction of sp³-hybridized carbons (Fsp3) is 0.0566. The second-order valence-electron chi connectivity index (χ2n) is 15.4. The van der Waals surface area contributed by atoms with Gasteiger partial charge in [0.1, 0.15) is 11.0 Å². The third kappa shape index (κ3) is 5.68. The second-order valence-corrected chi connectivity index (χ2v) is 15.4.